The Hall–Kier alpha value is -3.17. The first-order valence-corrected chi connectivity index (χ1v) is 8.08. The second-order valence-corrected chi connectivity index (χ2v) is 5.80. The van der Waals surface area contributed by atoms with E-state index in [1.54, 1.807) is 0 Å². The number of nitrogens with zero attached hydrogens (tertiary/aromatic N) is 3. The van der Waals surface area contributed by atoms with Gasteiger partial charge in [0.05, 0.1) is 27.7 Å². The minimum atomic E-state index is -1.21. The molecule has 3 rings (SSSR count). The molecule has 0 amide bonds. The zero-order valence-corrected chi connectivity index (χ0v) is 14.1. The van der Waals surface area contributed by atoms with Crippen molar-refractivity contribution in [3.05, 3.63) is 74.1 Å². The molecule has 0 spiro atoms. The number of hydrogen-bond donors (Lipinski definition) is 0. The molecule has 1 fully saturated rings. The van der Waals surface area contributed by atoms with Gasteiger partial charge in [-0.2, -0.15) is 0 Å². The van der Waals surface area contributed by atoms with Crippen LogP contribution in [0.5, 0.6) is 0 Å². The van der Waals surface area contributed by atoms with Gasteiger partial charge in [-0.05, 0) is 31.4 Å². The number of piperidine rings is 1. The zero-order chi connectivity index (χ0) is 20.0. The van der Waals surface area contributed by atoms with E-state index in [0.717, 1.165) is 38.1 Å². The van der Waals surface area contributed by atoms with Crippen LogP contribution in [0.4, 0.5) is 30.2 Å². The van der Waals surface area contributed by atoms with Crippen molar-refractivity contribution in [2.45, 2.75) is 19.3 Å². The maximum Gasteiger partial charge on any atom is 0.272 e. The molecular weight excluding hydrogens is 367 g/mol. The number of nitro groups is 2. The summed E-state index contributed by atoms with van der Waals surface area (Å²) in [6.45, 7) is 1.66. The minimum absolute atomic E-state index is 0.196. The predicted molar refractivity (Wildman–Crippen MR) is 92.1 cm³/mol. The van der Waals surface area contributed by atoms with Crippen molar-refractivity contribution >= 4 is 17.1 Å². The molecule has 144 valence electrons. The van der Waals surface area contributed by atoms with E-state index in [2.05, 4.69) is 0 Å². The first-order chi connectivity index (χ1) is 12.8. The standard InChI is InChI=1S/C11H13FN2O2.C6H3F2NO2/c12-10-8-9(14(15)16)4-5-11(10)13-6-2-1-3-7-13;7-5-2-1-4(9(10)11)3-6(5)8/h4-5,8H,1-3,6-7H2;1-3H. The predicted octanol–water partition coefficient (Wildman–Crippen LogP) is 4.60. The summed E-state index contributed by atoms with van der Waals surface area (Å²) in [5, 5.41) is 20.4. The Balaban J connectivity index is 0.000000208. The average Bonchev–Trinajstić information content (AvgIpc) is 2.65. The Morgan fingerprint density at radius 1 is 0.741 bits per heavy atom. The lowest BCUT2D eigenvalue weighted by molar-refractivity contribution is -0.385. The fourth-order valence-corrected chi connectivity index (χ4v) is 2.60. The fraction of sp³-hybridized carbons (Fsp3) is 0.294. The van der Waals surface area contributed by atoms with E-state index in [4.69, 9.17) is 0 Å². The molecular formula is C17H16F3N3O4. The molecule has 1 heterocycles. The lowest BCUT2D eigenvalue weighted by Gasteiger charge is -2.28. The molecule has 0 aliphatic carbocycles. The van der Waals surface area contributed by atoms with E-state index in [0.29, 0.717) is 17.8 Å². The first kappa shape index (κ1) is 20.1. The molecule has 27 heavy (non-hydrogen) atoms. The van der Waals surface area contributed by atoms with Crippen molar-refractivity contribution in [1.82, 2.24) is 0 Å². The summed E-state index contributed by atoms with van der Waals surface area (Å²) in [5.74, 6) is -2.80. The topological polar surface area (TPSA) is 89.5 Å². The largest absolute Gasteiger partial charge is 0.369 e. The van der Waals surface area contributed by atoms with Crippen LogP contribution in [0.2, 0.25) is 0 Å². The second kappa shape index (κ2) is 8.97. The van der Waals surface area contributed by atoms with Crippen LogP contribution in [-0.4, -0.2) is 22.9 Å². The van der Waals surface area contributed by atoms with E-state index >= 15 is 0 Å². The van der Waals surface area contributed by atoms with Crippen molar-refractivity contribution in [3.8, 4) is 0 Å². The summed E-state index contributed by atoms with van der Waals surface area (Å²) in [7, 11) is 0. The maximum absolute atomic E-state index is 13.6. The highest BCUT2D eigenvalue weighted by Crippen LogP contribution is 2.26. The van der Waals surface area contributed by atoms with Gasteiger partial charge in [-0.1, -0.05) is 0 Å². The van der Waals surface area contributed by atoms with Crippen LogP contribution in [0, 0.1) is 37.7 Å². The van der Waals surface area contributed by atoms with Crippen LogP contribution in [0.3, 0.4) is 0 Å². The average molecular weight is 383 g/mol. The Bertz CT molecular complexity index is 842. The highest BCUT2D eigenvalue weighted by molar-refractivity contribution is 5.52. The van der Waals surface area contributed by atoms with Crippen molar-refractivity contribution < 1.29 is 23.0 Å². The van der Waals surface area contributed by atoms with E-state index in [1.165, 1.54) is 18.6 Å². The van der Waals surface area contributed by atoms with E-state index in [9.17, 15) is 33.4 Å². The highest BCUT2D eigenvalue weighted by Gasteiger charge is 2.17. The molecule has 0 atom stereocenters. The summed E-state index contributed by atoms with van der Waals surface area (Å²) >= 11 is 0. The third-order valence-electron chi connectivity index (χ3n) is 3.95. The summed E-state index contributed by atoms with van der Waals surface area (Å²) in [4.78, 5) is 21.0. The SMILES string of the molecule is O=[N+]([O-])c1ccc(F)c(F)c1.O=[N+]([O-])c1ccc(N2CCCCC2)c(F)c1. The van der Waals surface area contributed by atoms with Crippen LogP contribution >= 0.6 is 0 Å². The van der Waals surface area contributed by atoms with Gasteiger partial charge in [-0.3, -0.25) is 20.2 Å². The van der Waals surface area contributed by atoms with Gasteiger partial charge in [0.2, 0.25) is 0 Å². The number of nitro benzene ring substituents is 2. The van der Waals surface area contributed by atoms with Gasteiger partial charge >= 0.3 is 0 Å². The molecule has 0 N–H and O–H groups in total. The van der Waals surface area contributed by atoms with Gasteiger partial charge in [0, 0.05) is 25.2 Å². The summed E-state index contributed by atoms with van der Waals surface area (Å²) in [6.07, 6.45) is 3.28. The van der Waals surface area contributed by atoms with Crippen LogP contribution in [0.25, 0.3) is 0 Å². The van der Waals surface area contributed by atoms with Crippen molar-refractivity contribution in [3.63, 3.8) is 0 Å². The Labute approximate surface area is 152 Å². The third-order valence-corrected chi connectivity index (χ3v) is 3.95. The van der Waals surface area contributed by atoms with Crippen LogP contribution in [0.1, 0.15) is 19.3 Å². The van der Waals surface area contributed by atoms with Crippen molar-refractivity contribution in [2.24, 2.45) is 0 Å². The monoisotopic (exact) mass is 383 g/mol. The summed E-state index contributed by atoms with van der Waals surface area (Å²) < 4.78 is 38.1. The lowest BCUT2D eigenvalue weighted by Crippen LogP contribution is -2.30. The van der Waals surface area contributed by atoms with Gasteiger partial charge in [0.1, 0.15) is 0 Å². The molecule has 0 radical (unpaired) electrons. The first-order valence-electron chi connectivity index (χ1n) is 8.08. The normalized spacial score (nSPS) is 13.5. The Morgan fingerprint density at radius 2 is 1.26 bits per heavy atom. The highest BCUT2D eigenvalue weighted by atomic mass is 19.2. The van der Waals surface area contributed by atoms with Crippen LogP contribution < -0.4 is 4.90 Å². The van der Waals surface area contributed by atoms with Crippen LogP contribution in [-0.2, 0) is 0 Å². The molecule has 2 aromatic carbocycles. The number of anilines is 1. The number of halogens is 3. The van der Waals surface area contributed by atoms with E-state index in [-0.39, 0.29) is 5.69 Å². The third kappa shape index (κ3) is 5.40. The molecule has 1 saturated heterocycles. The second-order valence-electron chi connectivity index (χ2n) is 5.80. The van der Waals surface area contributed by atoms with Crippen molar-refractivity contribution in [2.75, 3.05) is 18.0 Å². The zero-order valence-electron chi connectivity index (χ0n) is 14.1. The van der Waals surface area contributed by atoms with Gasteiger partial charge in [0.15, 0.2) is 17.5 Å². The molecule has 7 nitrogen and oxygen atoms in total. The molecule has 10 heteroatoms. The van der Waals surface area contributed by atoms with Gasteiger partial charge < -0.3 is 4.90 Å². The number of benzene rings is 2. The fourth-order valence-electron chi connectivity index (χ4n) is 2.60. The number of non-ortho nitro benzene ring substituents is 2. The van der Waals surface area contributed by atoms with Crippen LogP contribution in [0.15, 0.2) is 36.4 Å². The molecule has 1 aliphatic heterocycles. The molecule has 1 aliphatic rings. The van der Waals surface area contributed by atoms with Gasteiger partial charge in [0.25, 0.3) is 11.4 Å². The molecule has 0 saturated carbocycles. The summed E-state index contributed by atoms with van der Waals surface area (Å²) in [5.41, 5.74) is -0.174. The molecule has 0 aromatic heterocycles. The molecule has 0 unspecified atom stereocenters. The van der Waals surface area contributed by atoms with E-state index in [1.807, 2.05) is 4.90 Å². The number of hydrogen-bond acceptors (Lipinski definition) is 5. The number of rotatable bonds is 3. The quantitative estimate of drug-likeness (QED) is 0.571. The van der Waals surface area contributed by atoms with Crippen molar-refractivity contribution in [1.29, 1.82) is 0 Å². The Morgan fingerprint density at radius 3 is 1.74 bits per heavy atom. The molecule has 0 bridgehead atoms. The Kier molecular flexibility index (Phi) is 6.69. The minimum Gasteiger partial charge on any atom is -0.369 e. The lowest BCUT2D eigenvalue weighted by atomic mass is 10.1. The molecule has 2 aromatic rings. The maximum atomic E-state index is 13.6. The summed E-state index contributed by atoms with van der Waals surface area (Å²) in [6, 6.07) is 6.00. The smallest absolute Gasteiger partial charge is 0.272 e. The van der Waals surface area contributed by atoms with Gasteiger partial charge in [-0.15, -0.1) is 0 Å². The van der Waals surface area contributed by atoms with E-state index < -0.39 is 33.0 Å². The van der Waals surface area contributed by atoms with Gasteiger partial charge in [-0.25, -0.2) is 13.2 Å².